The van der Waals surface area contributed by atoms with E-state index in [2.05, 4.69) is 20.9 Å². The number of nitrogens with two attached hydrogens (primary N) is 2. The van der Waals surface area contributed by atoms with Crippen LogP contribution in [0.15, 0.2) is 47.5 Å². The summed E-state index contributed by atoms with van der Waals surface area (Å²) in [5, 5.41) is 10.9. The second kappa shape index (κ2) is 11.0. The predicted molar refractivity (Wildman–Crippen MR) is 116 cm³/mol. The molecular formula is C21H30N6O2. The number of primary amides is 1. The summed E-state index contributed by atoms with van der Waals surface area (Å²) in [6.45, 7) is 0.630. The van der Waals surface area contributed by atoms with Gasteiger partial charge < -0.3 is 27.4 Å². The van der Waals surface area contributed by atoms with Crippen LogP contribution in [0.2, 0.25) is 0 Å². The van der Waals surface area contributed by atoms with Crippen LogP contribution in [0.1, 0.15) is 18.4 Å². The van der Waals surface area contributed by atoms with E-state index in [1.54, 1.807) is 14.1 Å². The monoisotopic (exact) mass is 398 g/mol. The Labute approximate surface area is 171 Å². The van der Waals surface area contributed by atoms with Crippen molar-refractivity contribution in [1.29, 1.82) is 0 Å². The molecule has 0 bridgehead atoms. The molecule has 0 fully saturated rings. The number of guanidine groups is 1. The lowest BCUT2D eigenvalue weighted by Gasteiger charge is -2.19. The number of benzene rings is 2. The smallest absolute Gasteiger partial charge is 0.240 e. The highest BCUT2D eigenvalue weighted by molar-refractivity contribution is 5.89. The van der Waals surface area contributed by atoms with Gasteiger partial charge in [0.25, 0.3) is 0 Å². The van der Waals surface area contributed by atoms with E-state index in [0.29, 0.717) is 31.8 Å². The molecular weight excluding hydrogens is 368 g/mol. The average Bonchev–Trinajstić information content (AvgIpc) is 2.73. The van der Waals surface area contributed by atoms with Crippen molar-refractivity contribution in [3.8, 4) is 0 Å². The molecule has 0 saturated carbocycles. The molecule has 0 radical (unpaired) electrons. The molecule has 0 saturated heterocycles. The molecule has 156 valence electrons. The maximum atomic E-state index is 12.4. The van der Waals surface area contributed by atoms with Crippen LogP contribution >= 0.6 is 0 Å². The summed E-state index contributed by atoms with van der Waals surface area (Å²) in [5.74, 6) is -0.294. The number of amides is 2. The summed E-state index contributed by atoms with van der Waals surface area (Å²) in [7, 11) is 3.45. The van der Waals surface area contributed by atoms with Gasteiger partial charge >= 0.3 is 0 Å². The number of aliphatic imine (C=N–C) groups is 1. The SMILES string of the molecule is CN=C(NC)NCCC[C@H](N)C(=O)N[C@H](Cc1ccc2ccccc2c1)C(N)=O. The van der Waals surface area contributed by atoms with Gasteiger partial charge in [0.05, 0.1) is 6.04 Å². The van der Waals surface area contributed by atoms with Crippen molar-refractivity contribution in [2.24, 2.45) is 16.5 Å². The third-order valence-electron chi connectivity index (χ3n) is 4.70. The zero-order valence-corrected chi connectivity index (χ0v) is 16.9. The first-order chi connectivity index (χ1) is 13.9. The number of carbonyl (C=O) groups is 2. The van der Waals surface area contributed by atoms with Crippen molar-refractivity contribution >= 4 is 28.5 Å². The van der Waals surface area contributed by atoms with Crippen LogP contribution in [-0.2, 0) is 16.0 Å². The zero-order chi connectivity index (χ0) is 21.2. The molecule has 29 heavy (non-hydrogen) atoms. The van der Waals surface area contributed by atoms with E-state index < -0.39 is 18.0 Å². The zero-order valence-electron chi connectivity index (χ0n) is 16.9. The van der Waals surface area contributed by atoms with Crippen LogP contribution in [0.4, 0.5) is 0 Å². The Hall–Kier alpha value is -3.13. The molecule has 0 spiro atoms. The average molecular weight is 399 g/mol. The molecule has 0 aliphatic rings. The Morgan fingerprint density at radius 1 is 1.14 bits per heavy atom. The van der Waals surface area contributed by atoms with E-state index in [1.165, 1.54) is 0 Å². The third-order valence-corrected chi connectivity index (χ3v) is 4.70. The fraction of sp³-hybridized carbons (Fsp3) is 0.381. The Balaban J connectivity index is 1.89. The highest BCUT2D eigenvalue weighted by Crippen LogP contribution is 2.16. The van der Waals surface area contributed by atoms with Gasteiger partial charge in [0.2, 0.25) is 11.8 Å². The lowest BCUT2D eigenvalue weighted by atomic mass is 10.0. The molecule has 0 heterocycles. The molecule has 2 amide bonds. The first kappa shape index (κ1) is 22.2. The van der Waals surface area contributed by atoms with E-state index in [9.17, 15) is 9.59 Å². The molecule has 0 aliphatic carbocycles. The molecule has 2 aromatic rings. The van der Waals surface area contributed by atoms with Crippen molar-refractivity contribution < 1.29 is 9.59 Å². The second-order valence-electron chi connectivity index (χ2n) is 6.85. The summed E-state index contributed by atoms with van der Waals surface area (Å²) < 4.78 is 0. The van der Waals surface area contributed by atoms with Crippen LogP contribution in [0, 0.1) is 0 Å². The Bertz CT molecular complexity index is 867. The lowest BCUT2D eigenvalue weighted by molar-refractivity contribution is -0.128. The summed E-state index contributed by atoms with van der Waals surface area (Å²) in [6, 6.07) is 12.3. The first-order valence-corrected chi connectivity index (χ1v) is 9.66. The third kappa shape index (κ3) is 6.76. The fourth-order valence-electron chi connectivity index (χ4n) is 3.04. The number of nitrogens with zero attached hydrogens (tertiary/aromatic N) is 1. The minimum atomic E-state index is -0.809. The van der Waals surface area contributed by atoms with Gasteiger partial charge in [-0.3, -0.25) is 14.6 Å². The van der Waals surface area contributed by atoms with Crippen LogP contribution in [0.5, 0.6) is 0 Å². The van der Waals surface area contributed by atoms with Gasteiger partial charge in [-0.05, 0) is 29.2 Å². The quantitative estimate of drug-likeness (QED) is 0.235. The summed E-state index contributed by atoms with van der Waals surface area (Å²) in [5.41, 5.74) is 12.4. The standard InChI is InChI=1S/C21H30N6O2/c1-24-21(25-2)26-11-5-8-17(22)20(29)27-18(19(23)28)13-14-9-10-15-6-3-4-7-16(15)12-14/h3-4,6-7,9-10,12,17-18H,5,8,11,13,22H2,1-2H3,(H2,23,28)(H,27,29)(H2,24,25,26)/t17-,18+/m0/s1. The van der Waals surface area contributed by atoms with E-state index >= 15 is 0 Å². The summed E-state index contributed by atoms with van der Waals surface area (Å²) >= 11 is 0. The summed E-state index contributed by atoms with van der Waals surface area (Å²) in [4.78, 5) is 28.3. The van der Waals surface area contributed by atoms with E-state index in [1.807, 2.05) is 42.5 Å². The largest absolute Gasteiger partial charge is 0.368 e. The molecule has 0 aliphatic heterocycles. The van der Waals surface area contributed by atoms with Crippen LogP contribution < -0.4 is 27.4 Å². The van der Waals surface area contributed by atoms with Gasteiger partial charge in [-0.2, -0.15) is 0 Å². The predicted octanol–water partition coefficient (Wildman–Crippen LogP) is 0.255. The Kier molecular flexibility index (Phi) is 8.42. The van der Waals surface area contributed by atoms with E-state index in [-0.39, 0.29) is 5.91 Å². The maximum Gasteiger partial charge on any atom is 0.240 e. The number of hydrogen-bond donors (Lipinski definition) is 5. The topological polar surface area (TPSA) is 135 Å². The maximum absolute atomic E-state index is 12.4. The Morgan fingerprint density at radius 3 is 2.52 bits per heavy atom. The summed E-state index contributed by atoms with van der Waals surface area (Å²) in [6.07, 6.45) is 1.47. The van der Waals surface area contributed by atoms with Crippen LogP contribution in [0.25, 0.3) is 10.8 Å². The number of carbonyl (C=O) groups excluding carboxylic acids is 2. The van der Waals surface area contributed by atoms with Crippen molar-refractivity contribution in [3.05, 3.63) is 48.0 Å². The van der Waals surface area contributed by atoms with Gasteiger partial charge in [-0.1, -0.05) is 42.5 Å². The van der Waals surface area contributed by atoms with E-state index in [0.717, 1.165) is 16.3 Å². The van der Waals surface area contributed by atoms with Crippen LogP contribution in [0.3, 0.4) is 0 Å². The minimum absolute atomic E-state index is 0.318. The number of nitrogens with one attached hydrogen (secondary N) is 3. The first-order valence-electron chi connectivity index (χ1n) is 9.66. The second-order valence-corrected chi connectivity index (χ2v) is 6.85. The van der Waals surface area contributed by atoms with E-state index in [4.69, 9.17) is 11.5 Å². The van der Waals surface area contributed by atoms with Gasteiger partial charge in [0.15, 0.2) is 5.96 Å². The van der Waals surface area contributed by atoms with Crippen molar-refractivity contribution in [3.63, 3.8) is 0 Å². The molecule has 7 N–H and O–H groups in total. The minimum Gasteiger partial charge on any atom is -0.368 e. The van der Waals surface area contributed by atoms with Gasteiger partial charge in [-0.25, -0.2) is 0 Å². The van der Waals surface area contributed by atoms with Gasteiger partial charge in [-0.15, -0.1) is 0 Å². The van der Waals surface area contributed by atoms with Gasteiger partial charge in [0, 0.05) is 27.1 Å². The fourth-order valence-corrected chi connectivity index (χ4v) is 3.04. The number of rotatable bonds is 9. The van der Waals surface area contributed by atoms with Crippen molar-refractivity contribution in [2.75, 3.05) is 20.6 Å². The molecule has 8 heteroatoms. The Morgan fingerprint density at radius 2 is 1.86 bits per heavy atom. The molecule has 8 nitrogen and oxygen atoms in total. The highest BCUT2D eigenvalue weighted by atomic mass is 16.2. The molecule has 2 aromatic carbocycles. The molecule has 0 aromatic heterocycles. The number of hydrogen-bond acceptors (Lipinski definition) is 4. The molecule has 2 atom stereocenters. The molecule has 0 unspecified atom stereocenters. The lowest BCUT2D eigenvalue weighted by Crippen LogP contribution is -2.51. The normalized spacial score (nSPS) is 13.6. The van der Waals surface area contributed by atoms with Crippen molar-refractivity contribution in [2.45, 2.75) is 31.3 Å². The molecule has 2 rings (SSSR count). The van der Waals surface area contributed by atoms with Crippen molar-refractivity contribution in [1.82, 2.24) is 16.0 Å². The number of fused-ring (bicyclic) bond motifs is 1. The van der Waals surface area contributed by atoms with Crippen LogP contribution in [-0.4, -0.2) is 50.5 Å². The highest BCUT2D eigenvalue weighted by Gasteiger charge is 2.22. The van der Waals surface area contributed by atoms with Gasteiger partial charge in [0.1, 0.15) is 6.04 Å².